The maximum absolute atomic E-state index is 10.5. The van der Waals surface area contributed by atoms with Crippen molar-refractivity contribution >= 4 is 23.7 Å². The number of rotatable bonds is 5. The predicted molar refractivity (Wildman–Crippen MR) is 63.1 cm³/mol. The van der Waals surface area contributed by atoms with Crippen LogP contribution in [0.5, 0.6) is 0 Å². The molecule has 3 N–H and O–H groups in total. The molecule has 9 heteroatoms. The summed E-state index contributed by atoms with van der Waals surface area (Å²) in [5.41, 5.74) is 6.35. The van der Waals surface area contributed by atoms with Crippen molar-refractivity contribution in [1.29, 1.82) is 0 Å². The van der Waals surface area contributed by atoms with Crippen LogP contribution < -0.4 is 5.73 Å². The monoisotopic (exact) mass is 269 g/mol. The van der Waals surface area contributed by atoms with Gasteiger partial charge in [-0.05, 0) is 6.92 Å². The molecule has 0 bridgehead atoms. The fraction of sp³-hybridized carbons (Fsp3) is 0.333. The molecule has 0 saturated carbocycles. The van der Waals surface area contributed by atoms with Crippen LogP contribution in [-0.4, -0.2) is 36.7 Å². The summed E-state index contributed by atoms with van der Waals surface area (Å²) in [5, 5.41) is 20.4. The van der Waals surface area contributed by atoms with Crippen LogP contribution in [0.25, 0.3) is 0 Å². The van der Waals surface area contributed by atoms with E-state index in [0.29, 0.717) is 23.2 Å². The Labute approximate surface area is 106 Å². The van der Waals surface area contributed by atoms with Crippen LogP contribution in [0.1, 0.15) is 11.5 Å². The second-order valence-electron chi connectivity index (χ2n) is 3.54. The minimum Gasteiger partial charge on any atom is -0.481 e. The van der Waals surface area contributed by atoms with Gasteiger partial charge >= 0.3 is 5.97 Å². The number of anilines is 1. The molecule has 0 unspecified atom stereocenters. The van der Waals surface area contributed by atoms with Crippen molar-refractivity contribution in [3.05, 3.63) is 17.5 Å². The number of carboxylic acids is 1. The van der Waals surface area contributed by atoms with E-state index in [1.807, 2.05) is 0 Å². The summed E-state index contributed by atoms with van der Waals surface area (Å²) >= 11 is 1.05. The summed E-state index contributed by atoms with van der Waals surface area (Å²) < 4.78 is 6.53. The first-order valence-electron chi connectivity index (χ1n) is 5.01. The van der Waals surface area contributed by atoms with E-state index in [2.05, 4.69) is 15.4 Å². The summed E-state index contributed by atoms with van der Waals surface area (Å²) in [7, 11) is 0. The number of carbonyl (C=O) groups is 1. The normalized spacial score (nSPS) is 10.7. The molecule has 8 nitrogen and oxygen atoms in total. The highest BCUT2D eigenvalue weighted by atomic mass is 32.2. The highest BCUT2D eigenvalue weighted by Gasteiger charge is 2.13. The number of aliphatic carboxylic acids is 1. The lowest BCUT2D eigenvalue weighted by Gasteiger charge is -2.04. The fourth-order valence-electron chi connectivity index (χ4n) is 1.34. The number of hydrogen-bond acceptors (Lipinski definition) is 7. The first-order chi connectivity index (χ1) is 8.56. The van der Waals surface area contributed by atoms with E-state index in [0.717, 1.165) is 11.8 Å². The molecule has 2 aromatic heterocycles. The number of thioether (sulfide) groups is 1. The van der Waals surface area contributed by atoms with Gasteiger partial charge in [-0.3, -0.25) is 9.36 Å². The number of aromatic nitrogens is 4. The maximum Gasteiger partial charge on any atom is 0.313 e. The van der Waals surface area contributed by atoms with Gasteiger partial charge in [0.25, 0.3) is 0 Å². The van der Waals surface area contributed by atoms with Crippen LogP contribution in [-0.2, 0) is 11.3 Å². The Hall–Kier alpha value is -2.03. The first kappa shape index (κ1) is 12.4. The van der Waals surface area contributed by atoms with E-state index in [9.17, 15) is 4.79 Å². The van der Waals surface area contributed by atoms with E-state index >= 15 is 0 Å². The molecule has 0 fully saturated rings. The topological polar surface area (TPSA) is 120 Å². The Morgan fingerprint density at radius 3 is 3.00 bits per heavy atom. The third kappa shape index (κ3) is 2.80. The molecule has 0 amide bonds. The van der Waals surface area contributed by atoms with E-state index in [-0.39, 0.29) is 11.7 Å². The standard InChI is InChI=1S/C9H11N5O3S/c1-5-2-6(13-17-5)3-14-8(10)11-12-9(14)18-4-7(15)16/h2H,3-4H2,1H3,(H2,10,11)(H,15,16). The third-order valence-corrected chi connectivity index (χ3v) is 3.02. The van der Waals surface area contributed by atoms with Crippen LogP contribution in [0.2, 0.25) is 0 Å². The maximum atomic E-state index is 10.5. The number of carboxylic acid groups (broad SMARTS) is 1. The van der Waals surface area contributed by atoms with Gasteiger partial charge in [0, 0.05) is 6.07 Å². The Morgan fingerprint density at radius 1 is 1.61 bits per heavy atom. The Bertz CT molecular complexity index is 564. The summed E-state index contributed by atoms with van der Waals surface area (Å²) in [5.74, 6) is -0.124. The van der Waals surface area contributed by atoms with Crippen LogP contribution in [0.3, 0.4) is 0 Å². The Morgan fingerprint density at radius 2 is 2.39 bits per heavy atom. The van der Waals surface area contributed by atoms with Gasteiger partial charge in [0.1, 0.15) is 11.5 Å². The number of hydrogen-bond donors (Lipinski definition) is 2. The van der Waals surface area contributed by atoms with E-state index in [1.165, 1.54) is 0 Å². The number of nitrogens with two attached hydrogens (primary N) is 1. The minimum absolute atomic E-state index is 0.101. The zero-order chi connectivity index (χ0) is 13.1. The van der Waals surface area contributed by atoms with Gasteiger partial charge < -0.3 is 15.4 Å². The molecule has 0 aliphatic carbocycles. The highest BCUT2D eigenvalue weighted by Crippen LogP contribution is 2.19. The van der Waals surface area contributed by atoms with Crippen molar-refractivity contribution in [3.63, 3.8) is 0 Å². The van der Waals surface area contributed by atoms with Crippen molar-refractivity contribution in [3.8, 4) is 0 Å². The molecule has 18 heavy (non-hydrogen) atoms. The molecular weight excluding hydrogens is 258 g/mol. The van der Waals surface area contributed by atoms with Gasteiger partial charge in [-0.1, -0.05) is 16.9 Å². The van der Waals surface area contributed by atoms with Crippen LogP contribution in [0.4, 0.5) is 5.95 Å². The van der Waals surface area contributed by atoms with E-state index < -0.39 is 5.97 Å². The minimum atomic E-state index is -0.926. The molecule has 96 valence electrons. The summed E-state index contributed by atoms with van der Waals surface area (Å²) in [4.78, 5) is 10.5. The largest absolute Gasteiger partial charge is 0.481 e. The average molecular weight is 269 g/mol. The van der Waals surface area contributed by atoms with Crippen molar-refractivity contribution < 1.29 is 14.4 Å². The smallest absolute Gasteiger partial charge is 0.313 e. The first-order valence-corrected chi connectivity index (χ1v) is 6.00. The van der Waals surface area contributed by atoms with Crippen molar-refractivity contribution in [1.82, 2.24) is 19.9 Å². The van der Waals surface area contributed by atoms with E-state index in [4.69, 9.17) is 15.4 Å². The predicted octanol–water partition coefficient (Wildman–Crippen LogP) is 0.382. The molecule has 0 aliphatic rings. The quantitative estimate of drug-likeness (QED) is 0.747. The second-order valence-corrected chi connectivity index (χ2v) is 4.48. The molecule has 0 radical (unpaired) electrons. The summed E-state index contributed by atoms with van der Waals surface area (Å²) in [6, 6.07) is 1.77. The molecule has 2 aromatic rings. The Kier molecular flexibility index (Phi) is 3.51. The van der Waals surface area contributed by atoms with Crippen LogP contribution in [0, 0.1) is 6.92 Å². The van der Waals surface area contributed by atoms with Gasteiger partial charge in [0.15, 0.2) is 5.16 Å². The van der Waals surface area contributed by atoms with Crippen molar-refractivity contribution in [2.24, 2.45) is 0 Å². The lowest BCUT2D eigenvalue weighted by molar-refractivity contribution is -0.133. The van der Waals surface area contributed by atoms with Gasteiger partial charge in [0.05, 0.1) is 12.3 Å². The third-order valence-electron chi connectivity index (χ3n) is 2.07. The SMILES string of the molecule is Cc1cc(Cn2c(N)nnc2SCC(=O)O)no1. The number of nitrogens with zero attached hydrogens (tertiary/aromatic N) is 4. The summed E-state index contributed by atoms with van der Waals surface area (Å²) in [6.07, 6.45) is 0. The average Bonchev–Trinajstić information content (AvgIpc) is 2.85. The van der Waals surface area contributed by atoms with Gasteiger partial charge in [-0.25, -0.2) is 0 Å². The molecule has 0 aromatic carbocycles. The van der Waals surface area contributed by atoms with Crippen molar-refractivity contribution in [2.75, 3.05) is 11.5 Å². The molecule has 2 rings (SSSR count). The van der Waals surface area contributed by atoms with Gasteiger partial charge in [-0.15, -0.1) is 10.2 Å². The van der Waals surface area contributed by atoms with Crippen molar-refractivity contribution in [2.45, 2.75) is 18.6 Å². The molecule has 0 atom stereocenters. The fourth-order valence-corrected chi connectivity index (χ4v) is 2.00. The number of aryl methyl sites for hydroxylation is 1. The Balaban J connectivity index is 2.16. The van der Waals surface area contributed by atoms with E-state index in [1.54, 1.807) is 17.6 Å². The zero-order valence-electron chi connectivity index (χ0n) is 9.53. The lowest BCUT2D eigenvalue weighted by Crippen LogP contribution is -2.07. The highest BCUT2D eigenvalue weighted by molar-refractivity contribution is 7.99. The van der Waals surface area contributed by atoms with Gasteiger partial charge in [0.2, 0.25) is 5.95 Å². The van der Waals surface area contributed by atoms with Crippen LogP contribution in [0.15, 0.2) is 15.7 Å². The van der Waals surface area contributed by atoms with Gasteiger partial charge in [-0.2, -0.15) is 0 Å². The lowest BCUT2D eigenvalue weighted by atomic mass is 10.4. The van der Waals surface area contributed by atoms with Crippen LogP contribution >= 0.6 is 11.8 Å². The molecule has 0 aliphatic heterocycles. The number of nitrogen functional groups attached to an aromatic ring is 1. The molecule has 2 heterocycles. The summed E-state index contributed by atoms with van der Waals surface area (Å²) in [6.45, 7) is 2.13. The molecule has 0 saturated heterocycles. The molecular formula is C9H11N5O3S. The molecule has 0 spiro atoms. The zero-order valence-corrected chi connectivity index (χ0v) is 10.3. The second kappa shape index (κ2) is 5.08.